The van der Waals surface area contributed by atoms with E-state index < -0.39 is 22.9 Å². The van der Waals surface area contributed by atoms with E-state index in [1.165, 1.54) is 31.4 Å². The largest absolute Gasteiger partial charge is 0.469 e. The number of rotatable bonds is 7. The molecule has 1 aromatic rings. The van der Waals surface area contributed by atoms with E-state index >= 15 is 0 Å². The Morgan fingerprint density at radius 1 is 1.38 bits per heavy atom. The maximum absolute atomic E-state index is 11.8. The van der Waals surface area contributed by atoms with Gasteiger partial charge in [-0.05, 0) is 17.7 Å². The summed E-state index contributed by atoms with van der Waals surface area (Å²) in [5.74, 6) is -1.31. The molecule has 0 aliphatic rings. The molecule has 2 N–H and O–H groups in total. The Morgan fingerprint density at radius 3 is 2.38 bits per heavy atom. The summed E-state index contributed by atoms with van der Waals surface area (Å²) in [7, 11) is 1.26. The number of non-ortho nitro benzene ring substituents is 1. The third-order valence-corrected chi connectivity index (χ3v) is 3.08. The Morgan fingerprint density at radius 2 is 1.95 bits per heavy atom. The molecule has 0 saturated carbocycles. The Hall–Kier alpha value is -1.99. The molecule has 7 heteroatoms. The lowest BCUT2D eigenvalue weighted by Crippen LogP contribution is -2.36. The molecule has 0 saturated heterocycles. The predicted octanol–water partition coefficient (Wildman–Crippen LogP) is 1.42. The minimum absolute atomic E-state index is 0.0686. The fourth-order valence-electron chi connectivity index (χ4n) is 1.86. The Balaban J connectivity index is 2.90. The zero-order valence-corrected chi connectivity index (χ0v) is 12.3. The van der Waals surface area contributed by atoms with Crippen molar-refractivity contribution in [2.75, 3.05) is 13.7 Å². The van der Waals surface area contributed by atoms with Gasteiger partial charge in [0.05, 0.1) is 24.1 Å². The third-order valence-electron chi connectivity index (χ3n) is 3.08. The average molecular weight is 296 g/mol. The van der Waals surface area contributed by atoms with Crippen LogP contribution in [-0.2, 0) is 9.53 Å². The predicted molar refractivity (Wildman–Crippen MR) is 76.7 cm³/mol. The quantitative estimate of drug-likeness (QED) is 0.448. The number of nitrogens with one attached hydrogen (secondary N) is 1. The summed E-state index contributed by atoms with van der Waals surface area (Å²) in [5, 5.41) is 24.0. The summed E-state index contributed by atoms with van der Waals surface area (Å²) >= 11 is 0. The van der Waals surface area contributed by atoms with Crippen LogP contribution in [0.1, 0.15) is 25.5 Å². The van der Waals surface area contributed by atoms with Crippen LogP contribution in [0.4, 0.5) is 5.69 Å². The Labute approximate surface area is 123 Å². The summed E-state index contributed by atoms with van der Waals surface area (Å²) < 4.78 is 4.70. The van der Waals surface area contributed by atoms with E-state index in [4.69, 9.17) is 4.74 Å². The van der Waals surface area contributed by atoms with Gasteiger partial charge in [-0.3, -0.25) is 14.9 Å². The van der Waals surface area contributed by atoms with Gasteiger partial charge in [-0.15, -0.1) is 0 Å². The topological polar surface area (TPSA) is 102 Å². The molecule has 21 heavy (non-hydrogen) atoms. The maximum atomic E-state index is 11.8. The summed E-state index contributed by atoms with van der Waals surface area (Å²) in [5.41, 5.74) is 0.363. The van der Waals surface area contributed by atoms with Crippen molar-refractivity contribution in [2.24, 2.45) is 5.92 Å². The van der Waals surface area contributed by atoms with Crippen molar-refractivity contribution in [3.63, 3.8) is 0 Å². The molecule has 0 aliphatic carbocycles. The van der Waals surface area contributed by atoms with E-state index in [1.54, 1.807) is 0 Å². The standard InChI is InChI=1S/C14H20N2O5/c1-9(2)15-8-12(14(18)21-3)13(17)10-4-6-11(7-5-10)16(19)20/h4-7,9,12-13,15,17H,8H2,1-3H3. The molecule has 0 spiro atoms. The van der Waals surface area contributed by atoms with Gasteiger partial charge in [0.15, 0.2) is 0 Å². The number of benzene rings is 1. The molecule has 0 bridgehead atoms. The molecule has 7 nitrogen and oxygen atoms in total. The molecule has 0 amide bonds. The molecule has 0 aromatic heterocycles. The van der Waals surface area contributed by atoms with Gasteiger partial charge in [0.2, 0.25) is 0 Å². The Kier molecular flexibility index (Phi) is 6.26. The van der Waals surface area contributed by atoms with Crippen LogP contribution in [0.15, 0.2) is 24.3 Å². The molecular formula is C14H20N2O5. The second-order valence-electron chi connectivity index (χ2n) is 4.99. The van der Waals surface area contributed by atoms with Gasteiger partial charge in [0.1, 0.15) is 0 Å². The van der Waals surface area contributed by atoms with Crippen molar-refractivity contribution >= 4 is 11.7 Å². The van der Waals surface area contributed by atoms with Crippen LogP contribution >= 0.6 is 0 Å². The molecule has 0 fully saturated rings. The lowest BCUT2D eigenvalue weighted by Gasteiger charge is -2.22. The second-order valence-corrected chi connectivity index (χ2v) is 4.99. The van der Waals surface area contributed by atoms with Gasteiger partial charge in [0.25, 0.3) is 5.69 Å². The molecule has 2 atom stereocenters. The molecule has 0 aliphatic heterocycles. The van der Waals surface area contributed by atoms with Gasteiger partial charge in [-0.1, -0.05) is 13.8 Å². The van der Waals surface area contributed by atoms with Crippen molar-refractivity contribution < 1.29 is 19.6 Å². The number of hydrogen-bond acceptors (Lipinski definition) is 6. The number of nitrogens with zero attached hydrogens (tertiary/aromatic N) is 1. The van der Waals surface area contributed by atoms with Crippen LogP contribution in [0.3, 0.4) is 0 Å². The third kappa shape index (κ3) is 4.80. The number of nitro groups is 1. The molecule has 1 rings (SSSR count). The highest BCUT2D eigenvalue weighted by atomic mass is 16.6. The summed E-state index contributed by atoms with van der Waals surface area (Å²) in [4.78, 5) is 21.9. The van der Waals surface area contributed by atoms with Crippen LogP contribution in [0.25, 0.3) is 0 Å². The lowest BCUT2D eigenvalue weighted by molar-refractivity contribution is -0.384. The highest BCUT2D eigenvalue weighted by Crippen LogP contribution is 2.25. The molecule has 2 unspecified atom stereocenters. The first kappa shape index (κ1) is 17.1. The van der Waals surface area contributed by atoms with Gasteiger partial charge in [-0.25, -0.2) is 0 Å². The van der Waals surface area contributed by atoms with Crippen LogP contribution < -0.4 is 5.32 Å². The van der Waals surface area contributed by atoms with Gasteiger partial charge >= 0.3 is 5.97 Å². The van der Waals surface area contributed by atoms with Crippen molar-refractivity contribution in [1.29, 1.82) is 0 Å². The first-order chi connectivity index (χ1) is 9.86. The fraction of sp³-hybridized carbons (Fsp3) is 0.500. The number of methoxy groups -OCH3 is 1. The second kappa shape index (κ2) is 7.70. The summed E-state index contributed by atoms with van der Waals surface area (Å²) in [6.45, 7) is 4.10. The van der Waals surface area contributed by atoms with E-state index in [0.29, 0.717) is 5.56 Å². The number of aliphatic hydroxyl groups excluding tert-OH is 1. The highest BCUT2D eigenvalue weighted by Gasteiger charge is 2.29. The lowest BCUT2D eigenvalue weighted by atomic mass is 9.95. The Bertz CT molecular complexity index is 487. The van der Waals surface area contributed by atoms with E-state index in [1.807, 2.05) is 13.8 Å². The summed E-state index contributed by atoms with van der Waals surface area (Å²) in [6, 6.07) is 5.62. The van der Waals surface area contributed by atoms with Crippen LogP contribution in [0.2, 0.25) is 0 Å². The van der Waals surface area contributed by atoms with E-state index in [0.717, 1.165) is 0 Å². The average Bonchev–Trinajstić information content (AvgIpc) is 2.46. The van der Waals surface area contributed by atoms with Crippen LogP contribution in [0, 0.1) is 16.0 Å². The van der Waals surface area contributed by atoms with Crippen molar-refractivity contribution in [3.8, 4) is 0 Å². The maximum Gasteiger partial charge on any atom is 0.312 e. The molecule has 116 valence electrons. The minimum Gasteiger partial charge on any atom is -0.469 e. The van der Waals surface area contributed by atoms with E-state index in [9.17, 15) is 20.0 Å². The fourth-order valence-corrected chi connectivity index (χ4v) is 1.86. The van der Waals surface area contributed by atoms with Gasteiger partial charge in [0, 0.05) is 24.7 Å². The molecule has 0 radical (unpaired) electrons. The normalized spacial score (nSPS) is 13.8. The number of carbonyl (C=O) groups is 1. The highest BCUT2D eigenvalue weighted by molar-refractivity contribution is 5.73. The minimum atomic E-state index is -1.09. The molecule has 1 aromatic carbocycles. The monoisotopic (exact) mass is 296 g/mol. The number of ether oxygens (including phenoxy) is 1. The smallest absolute Gasteiger partial charge is 0.312 e. The number of carbonyl (C=O) groups excluding carboxylic acids is 1. The number of nitro benzene ring substituents is 1. The first-order valence-corrected chi connectivity index (χ1v) is 6.60. The SMILES string of the molecule is COC(=O)C(CNC(C)C)C(O)c1ccc([N+](=O)[O-])cc1. The van der Waals surface area contributed by atoms with E-state index in [2.05, 4.69) is 5.32 Å². The number of esters is 1. The van der Waals surface area contributed by atoms with Crippen LogP contribution in [-0.4, -0.2) is 35.7 Å². The number of hydrogen-bond donors (Lipinski definition) is 2. The van der Waals surface area contributed by atoms with Crippen molar-refractivity contribution in [2.45, 2.75) is 26.0 Å². The van der Waals surface area contributed by atoms with Crippen molar-refractivity contribution in [1.82, 2.24) is 5.32 Å². The molecular weight excluding hydrogens is 276 g/mol. The zero-order chi connectivity index (χ0) is 16.0. The first-order valence-electron chi connectivity index (χ1n) is 6.60. The number of aliphatic hydroxyl groups is 1. The van der Waals surface area contributed by atoms with E-state index in [-0.39, 0.29) is 18.3 Å². The zero-order valence-electron chi connectivity index (χ0n) is 12.3. The van der Waals surface area contributed by atoms with Gasteiger partial charge in [-0.2, -0.15) is 0 Å². The summed E-state index contributed by atoms with van der Waals surface area (Å²) in [6.07, 6.45) is -1.09. The van der Waals surface area contributed by atoms with Crippen LogP contribution in [0.5, 0.6) is 0 Å². The van der Waals surface area contributed by atoms with Gasteiger partial charge < -0.3 is 15.2 Å². The van der Waals surface area contributed by atoms with Crippen molar-refractivity contribution in [3.05, 3.63) is 39.9 Å². The molecule has 0 heterocycles.